The zero-order valence-corrected chi connectivity index (χ0v) is 25.4. The predicted octanol–water partition coefficient (Wildman–Crippen LogP) is 6.07. The first-order valence-electron chi connectivity index (χ1n) is 14.0. The number of unbranched alkanes of at least 4 members (excludes halogenated alkanes) is 1. The van der Waals surface area contributed by atoms with Gasteiger partial charge in [0.1, 0.15) is 0 Å². The number of anilines is 2. The van der Waals surface area contributed by atoms with Crippen molar-refractivity contribution in [1.82, 2.24) is 15.2 Å². The quantitative estimate of drug-likeness (QED) is 0.154. The van der Waals surface area contributed by atoms with Gasteiger partial charge in [0, 0.05) is 42.1 Å². The number of aromatic amines is 1. The molecule has 0 radical (unpaired) electrons. The molecule has 0 fully saturated rings. The molecule has 0 aliphatic rings. The third-order valence-electron chi connectivity index (χ3n) is 6.95. The van der Waals surface area contributed by atoms with Gasteiger partial charge in [-0.05, 0) is 112 Å². The average Bonchev–Trinajstić information content (AvgIpc) is 3.25. The Kier molecular flexibility index (Phi) is 9.73. The van der Waals surface area contributed by atoms with Crippen molar-refractivity contribution in [1.29, 1.82) is 0 Å². The number of hydrogen-bond acceptors (Lipinski definition) is 4. The van der Waals surface area contributed by atoms with Gasteiger partial charge in [0.2, 0.25) is 10.0 Å². The molecule has 41 heavy (non-hydrogen) atoms. The molecule has 4 rings (SSSR count). The lowest BCUT2D eigenvalue weighted by Gasteiger charge is -2.12. The van der Waals surface area contributed by atoms with E-state index in [4.69, 9.17) is 0 Å². The average molecular weight is 576 g/mol. The minimum Gasteiger partial charge on any atom is -0.354 e. The van der Waals surface area contributed by atoms with E-state index < -0.39 is 10.0 Å². The highest BCUT2D eigenvalue weighted by atomic mass is 32.2. The van der Waals surface area contributed by atoms with Crippen molar-refractivity contribution >= 4 is 38.3 Å². The molecule has 0 aliphatic heterocycles. The molecule has 1 heterocycles. The Morgan fingerprint density at radius 3 is 2.20 bits per heavy atom. The Morgan fingerprint density at radius 1 is 0.854 bits per heavy atom. The number of amides is 2. The second kappa shape index (κ2) is 13.2. The summed E-state index contributed by atoms with van der Waals surface area (Å²) in [5.41, 5.74) is 9.59. The van der Waals surface area contributed by atoms with Gasteiger partial charge in [0.15, 0.2) is 0 Å². The lowest BCUT2D eigenvalue weighted by Crippen LogP contribution is -2.27. The van der Waals surface area contributed by atoms with Crippen molar-refractivity contribution in [3.63, 3.8) is 0 Å². The van der Waals surface area contributed by atoms with Gasteiger partial charge in [-0.25, -0.2) is 13.2 Å². The van der Waals surface area contributed by atoms with Crippen LogP contribution < -0.4 is 15.4 Å². The van der Waals surface area contributed by atoms with Crippen LogP contribution in [0.15, 0.2) is 60.7 Å². The van der Waals surface area contributed by atoms with Crippen molar-refractivity contribution in [2.24, 2.45) is 0 Å². The van der Waals surface area contributed by atoms with Crippen molar-refractivity contribution in [2.75, 3.05) is 43.5 Å². The fourth-order valence-electron chi connectivity index (χ4n) is 5.06. The molecule has 9 heteroatoms. The topological polar surface area (TPSA) is 106 Å². The Bertz CT molecular complexity index is 1590. The van der Waals surface area contributed by atoms with Crippen LogP contribution in [0.4, 0.5) is 16.2 Å². The molecule has 0 unspecified atom stereocenters. The van der Waals surface area contributed by atoms with Crippen LogP contribution in [-0.2, 0) is 22.9 Å². The maximum Gasteiger partial charge on any atom is 0.321 e. The van der Waals surface area contributed by atoms with E-state index in [9.17, 15) is 13.2 Å². The van der Waals surface area contributed by atoms with Crippen LogP contribution in [0.1, 0.15) is 35.1 Å². The number of H-pyrrole nitrogens is 1. The molecule has 0 saturated carbocycles. The van der Waals surface area contributed by atoms with Gasteiger partial charge >= 0.3 is 6.03 Å². The number of benzene rings is 3. The van der Waals surface area contributed by atoms with Crippen LogP contribution in [0.5, 0.6) is 0 Å². The molecular weight excluding hydrogens is 534 g/mol. The van der Waals surface area contributed by atoms with Crippen LogP contribution >= 0.6 is 0 Å². The summed E-state index contributed by atoms with van der Waals surface area (Å²) in [6.07, 6.45) is 5.03. The number of fused-ring (bicyclic) bond motifs is 1. The second-order valence-electron chi connectivity index (χ2n) is 11.0. The number of carbonyl (C=O) groups excluding carboxylic acids is 1. The SMILES string of the molecule is Cc1cc(C)cc(-c2[nH]c3ccc(NC(=O)N(C)C)cc3c2CCNCCCCc2ccc(NS(C)(=O)=O)cc2)c1. The van der Waals surface area contributed by atoms with Gasteiger partial charge in [-0.3, -0.25) is 4.72 Å². The van der Waals surface area contributed by atoms with Gasteiger partial charge in [0.25, 0.3) is 0 Å². The normalized spacial score (nSPS) is 11.5. The van der Waals surface area contributed by atoms with Crippen LogP contribution in [0.3, 0.4) is 0 Å². The number of aromatic nitrogens is 1. The molecule has 0 bridgehead atoms. The largest absolute Gasteiger partial charge is 0.354 e. The van der Waals surface area contributed by atoms with Gasteiger partial charge in [-0.1, -0.05) is 29.3 Å². The van der Waals surface area contributed by atoms with Crippen molar-refractivity contribution in [3.8, 4) is 11.3 Å². The van der Waals surface area contributed by atoms with Crippen LogP contribution in [-0.4, -0.2) is 57.8 Å². The van der Waals surface area contributed by atoms with Crippen LogP contribution in [0.2, 0.25) is 0 Å². The summed E-state index contributed by atoms with van der Waals surface area (Å²) in [5, 5.41) is 7.69. The number of aryl methyl sites for hydroxylation is 3. The van der Waals surface area contributed by atoms with Gasteiger partial charge < -0.3 is 20.5 Å². The number of urea groups is 1. The lowest BCUT2D eigenvalue weighted by atomic mass is 9.99. The van der Waals surface area contributed by atoms with Crippen molar-refractivity contribution in [2.45, 2.75) is 39.5 Å². The molecule has 1 aromatic heterocycles. The monoisotopic (exact) mass is 575 g/mol. The van der Waals surface area contributed by atoms with Gasteiger partial charge in [0.05, 0.1) is 6.26 Å². The smallest absolute Gasteiger partial charge is 0.321 e. The number of nitrogens with zero attached hydrogens (tertiary/aromatic N) is 1. The van der Waals surface area contributed by atoms with Gasteiger partial charge in [-0.15, -0.1) is 0 Å². The first kappa shape index (κ1) is 30.1. The van der Waals surface area contributed by atoms with E-state index in [0.29, 0.717) is 5.69 Å². The highest BCUT2D eigenvalue weighted by Crippen LogP contribution is 2.33. The number of rotatable bonds is 12. The Labute approximate surface area is 243 Å². The Balaban J connectivity index is 1.39. The minimum atomic E-state index is -3.26. The zero-order valence-electron chi connectivity index (χ0n) is 24.6. The predicted molar refractivity (Wildman–Crippen MR) is 170 cm³/mol. The zero-order chi connectivity index (χ0) is 29.6. The van der Waals surface area contributed by atoms with E-state index in [0.717, 1.165) is 67.3 Å². The first-order chi connectivity index (χ1) is 19.5. The molecule has 8 nitrogen and oxygen atoms in total. The number of sulfonamides is 1. The summed E-state index contributed by atoms with van der Waals surface area (Å²) >= 11 is 0. The molecular formula is C32H41N5O3S. The van der Waals surface area contributed by atoms with E-state index in [1.165, 1.54) is 32.7 Å². The standard InChI is InChI=1S/C32H41N5O3S/c1-22-18-23(2)20-25(19-22)31-28(29-21-27(13-14-30(29)35-31)34-32(38)37(3)4)15-17-33-16-7-6-8-24-9-11-26(12-10-24)36-41(5,39)40/h9-14,18-21,33,35-36H,6-8,15-17H2,1-5H3,(H,34,38). The summed E-state index contributed by atoms with van der Waals surface area (Å²) < 4.78 is 25.3. The van der Waals surface area contributed by atoms with Gasteiger partial charge in [-0.2, -0.15) is 0 Å². The second-order valence-corrected chi connectivity index (χ2v) is 12.7. The minimum absolute atomic E-state index is 0.154. The summed E-state index contributed by atoms with van der Waals surface area (Å²) in [6, 6.07) is 20.1. The summed E-state index contributed by atoms with van der Waals surface area (Å²) in [6.45, 7) is 6.00. The molecule has 4 N–H and O–H groups in total. The first-order valence-corrected chi connectivity index (χ1v) is 15.9. The fraction of sp³-hybridized carbons (Fsp3) is 0.344. The fourth-order valence-corrected chi connectivity index (χ4v) is 5.62. The van der Waals surface area contributed by atoms with E-state index in [2.05, 4.69) is 58.5 Å². The Hall–Kier alpha value is -3.82. The molecule has 0 atom stereocenters. The molecule has 0 aliphatic carbocycles. The molecule has 0 saturated heterocycles. The van der Waals surface area contributed by atoms with Crippen molar-refractivity contribution in [3.05, 3.63) is 82.9 Å². The maximum atomic E-state index is 12.3. The number of hydrogen-bond donors (Lipinski definition) is 4. The summed E-state index contributed by atoms with van der Waals surface area (Å²) in [4.78, 5) is 17.4. The molecule has 4 aromatic rings. The van der Waals surface area contributed by atoms with Crippen LogP contribution in [0.25, 0.3) is 22.2 Å². The number of nitrogens with one attached hydrogen (secondary N) is 4. The Morgan fingerprint density at radius 2 is 1.54 bits per heavy atom. The highest BCUT2D eigenvalue weighted by molar-refractivity contribution is 7.92. The molecule has 218 valence electrons. The summed E-state index contributed by atoms with van der Waals surface area (Å²) in [7, 11) is 0.202. The van der Waals surface area contributed by atoms with E-state index >= 15 is 0 Å². The van der Waals surface area contributed by atoms with E-state index in [-0.39, 0.29) is 6.03 Å². The third kappa shape index (κ3) is 8.58. The van der Waals surface area contributed by atoms with Crippen molar-refractivity contribution < 1.29 is 13.2 Å². The highest BCUT2D eigenvalue weighted by Gasteiger charge is 2.15. The maximum absolute atomic E-state index is 12.3. The number of carbonyl (C=O) groups is 1. The molecule has 2 amide bonds. The lowest BCUT2D eigenvalue weighted by molar-refractivity contribution is 0.230. The van der Waals surface area contributed by atoms with Crippen LogP contribution in [0, 0.1) is 13.8 Å². The molecule has 0 spiro atoms. The van der Waals surface area contributed by atoms with E-state index in [1.807, 2.05) is 24.3 Å². The summed E-state index contributed by atoms with van der Waals surface area (Å²) in [5.74, 6) is 0. The third-order valence-corrected chi connectivity index (χ3v) is 7.56. The van der Waals surface area contributed by atoms with E-state index in [1.54, 1.807) is 26.2 Å². The molecule has 3 aromatic carbocycles.